The van der Waals surface area contributed by atoms with Crippen molar-refractivity contribution in [3.8, 4) is 0 Å². The summed E-state index contributed by atoms with van der Waals surface area (Å²) in [4.78, 5) is 11.9. The highest BCUT2D eigenvalue weighted by atomic mass is 16.5. The first-order valence-electron chi connectivity index (χ1n) is 6.29. The Hall–Kier alpha value is -0.610. The van der Waals surface area contributed by atoms with Crippen molar-refractivity contribution in [1.82, 2.24) is 10.6 Å². The summed E-state index contributed by atoms with van der Waals surface area (Å²) in [6.07, 6.45) is 0.0568. The van der Waals surface area contributed by atoms with Gasteiger partial charge in [-0.05, 0) is 20.8 Å². The van der Waals surface area contributed by atoms with Crippen molar-refractivity contribution in [3.63, 3.8) is 0 Å². The van der Waals surface area contributed by atoms with Crippen LogP contribution in [0.1, 0.15) is 41.5 Å². The molecule has 0 saturated carbocycles. The van der Waals surface area contributed by atoms with Gasteiger partial charge in [-0.1, -0.05) is 20.8 Å². The largest absolute Gasteiger partial charge is 0.369 e. The highest BCUT2D eigenvalue weighted by Crippen LogP contribution is 2.18. The van der Waals surface area contributed by atoms with Gasteiger partial charge in [-0.15, -0.1) is 0 Å². The van der Waals surface area contributed by atoms with Crippen molar-refractivity contribution >= 4 is 5.91 Å². The van der Waals surface area contributed by atoms with Crippen molar-refractivity contribution in [2.24, 2.45) is 5.41 Å². The molecule has 0 aliphatic carbocycles. The maximum absolute atomic E-state index is 11.9. The van der Waals surface area contributed by atoms with E-state index < -0.39 is 0 Å². The van der Waals surface area contributed by atoms with Crippen LogP contribution in [0.4, 0.5) is 0 Å². The molecular formula is C13H26N2O2. The van der Waals surface area contributed by atoms with Gasteiger partial charge in [0.05, 0.1) is 17.7 Å². The number of carbonyl (C=O) groups excluding carboxylic acids is 1. The van der Waals surface area contributed by atoms with Crippen LogP contribution in [0.15, 0.2) is 0 Å². The smallest absolute Gasteiger partial charge is 0.225 e. The molecule has 100 valence electrons. The fraction of sp³-hybridized carbons (Fsp3) is 0.923. The summed E-state index contributed by atoms with van der Waals surface area (Å²) in [5.74, 6) is 0.0775. The van der Waals surface area contributed by atoms with Gasteiger partial charge in [0.1, 0.15) is 0 Å². The average Bonchev–Trinajstić information content (AvgIpc) is 2.48. The van der Waals surface area contributed by atoms with Crippen molar-refractivity contribution in [2.45, 2.75) is 59.3 Å². The van der Waals surface area contributed by atoms with Crippen molar-refractivity contribution in [1.29, 1.82) is 0 Å². The number of hydrogen-bond acceptors (Lipinski definition) is 3. The van der Waals surface area contributed by atoms with E-state index in [4.69, 9.17) is 4.74 Å². The molecule has 17 heavy (non-hydrogen) atoms. The molecule has 1 aliphatic rings. The van der Waals surface area contributed by atoms with E-state index in [0.29, 0.717) is 0 Å². The Morgan fingerprint density at radius 2 is 1.76 bits per heavy atom. The van der Waals surface area contributed by atoms with E-state index in [-0.39, 0.29) is 29.1 Å². The number of amides is 1. The van der Waals surface area contributed by atoms with Gasteiger partial charge >= 0.3 is 0 Å². The summed E-state index contributed by atoms with van der Waals surface area (Å²) < 4.78 is 5.95. The number of nitrogens with one attached hydrogen (secondary N) is 2. The third kappa shape index (κ3) is 4.64. The normalized spacial score (nSPS) is 26.0. The summed E-state index contributed by atoms with van der Waals surface area (Å²) in [7, 11) is 0. The molecule has 2 N–H and O–H groups in total. The second-order valence-electron chi connectivity index (χ2n) is 6.76. The van der Waals surface area contributed by atoms with Crippen LogP contribution in [0.5, 0.6) is 0 Å². The highest BCUT2D eigenvalue weighted by Gasteiger charge is 2.34. The van der Waals surface area contributed by atoms with Crippen LogP contribution in [0.3, 0.4) is 0 Å². The maximum atomic E-state index is 11.9. The predicted molar refractivity (Wildman–Crippen MR) is 68.9 cm³/mol. The minimum absolute atomic E-state index is 0.0568. The topological polar surface area (TPSA) is 50.4 Å². The number of rotatable bonds is 2. The van der Waals surface area contributed by atoms with E-state index in [0.717, 1.165) is 13.1 Å². The van der Waals surface area contributed by atoms with E-state index in [9.17, 15) is 4.79 Å². The molecule has 0 bridgehead atoms. The minimum Gasteiger partial charge on any atom is -0.369 e. The molecule has 0 aromatic rings. The molecular weight excluding hydrogens is 216 g/mol. The second-order valence-corrected chi connectivity index (χ2v) is 6.76. The Morgan fingerprint density at radius 3 is 2.24 bits per heavy atom. The lowest BCUT2D eigenvalue weighted by Crippen LogP contribution is -2.49. The SMILES string of the molecule is CC(C)(C)OC1CNCC1NC(=O)C(C)(C)C. The molecule has 0 aromatic carbocycles. The molecule has 2 unspecified atom stereocenters. The van der Waals surface area contributed by atoms with Gasteiger partial charge in [0.25, 0.3) is 0 Å². The molecule has 1 heterocycles. The van der Waals surface area contributed by atoms with Gasteiger partial charge in [0, 0.05) is 18.5 Å². The molecule has 2 atom stereocenters. The Labute approximate surface area is 104 Å². The van der Waals surface area contributed by atoms with E-state index in [1.807, 2.05) is 41.5 Å². The molecule has 0 aromatic heterocycles. The summed E-state index contributed by atoms with van der Waals surface area (Å²) >= 11 is 0. The fourth-order valence-electron chi connectivity index (χ4n) is 1.76. The molecule has 1 aliphatic heterocycles. The monoisotopic (exact) mass is 242 g/mol. The number of ether oxygens (including phenoxy) is 1. The van der Waals surface area contributed by atoms with Gasteiger partial charge in [0.2, 0.25) is 5.91 Å². The number of hydrogen-bond donors (Lipinski definition) is 2. The van der Waals surface area contributed by atoms with Gasteiger partial charge in [-0.25, -0.2) is 0 Å². The van der Waals surface area contributed by atoms with Crippen LogP contribution in [0, 0.1) is 5.41 Å². The highest BCUT2D eigenvalue weighted by molar-refractivity contribution is 5.81. The minimum atomic E-state index is -0.352. The van der Waals surface area contributed by atoms with Crippen molar-refractivity contribution in [2.75, 3.05) is 13.1 Å². The van der Waals surface area contributed by atoms with Crippen LogP contribution in [0.2, 0.25) is 0 Å². The quantitative estimate of drug-likeness (QED) is 0.767. The standard InChI is InChI=1S/C13H26N2O2/c1-12(2,3)11(16)15-9-7-14-8-10(9)17-13(4,5)6/h9-10,14H,7-8H2,1-6H3,(H,15,16). The molecule has 1 amide bonds. The molecule has 0 radical (unpaired) electrons. The maximum Gasteiger partial charge on any atom is 0.225 e. The predicted octanol–water partition coefficient (Wildman–Crippen LogP) is 1.30. The Bertz CT molecular complexity index is 276. The fourth-order valence-corrected chi connectivity index (χ4v) is 1.76. The first-order valence-corrected chi connectivity index (χ1v) is 6.29. The van der Waals surface area contributed by atoms with Gasteiger partial charge in [-0.3, -0.25) is 4.79 Å². The van der Waals surface area contributed by atoms with E-state index in [1.165, 1.54) is 0 Å². The summed E-state index contributed by atoms with van der Waals surface area (Å²) in [6, 6.07) is 0.0703. The second kappa shape index (κ2) is 4.94. The summed E-state index contributed by atoms with van der Waals surface area (Å²) in [5.41, 5.74) is -0.531. The van der Waals surface area contributed by atoms with E-state index in [1.54, 1.807) is 0 Å². The van der Waals surface area contributed by atoms with E-state index >= 15 is 0 Å². The van der Waals surface area contributed by atoms with Gasteiger partial charge in [0.15, 0.2) is 0 Å². The third-order valence-electron chi connectivity index (χ3n) is 2.66. The van der Waals surface area contributed by atoms with Crippen LogP contribution >= 0.6 is 0 Å². The molecule has 1 fully saturated rings. The Balaban J connectivity index is 2.56. The van der Waals surface area contributed by atoms with Gasteiger partial charge in [-0.2, -0.15) is 0 Å². The van der Waals surface area contributed by atoms with Crippen LogP contribution in [-0.4, -0.2) is 36.7 Å². The van der Waals surface area contributed by atoms with Crippen LogP contribution in [0.25, 0.3) is 0 Å². The molecule has 0 spiro atoms. The van der Waals surface area contributed by atoms with Crippen LogP contribution in [-0.2, 0) is 9.53 Å². The lowest BCUT2D eigenvalue weighted by molar-refractivity contribution is -0.131. The first kappa shape index (κ1) is 14.5. The summed E-state index contributed by atoms with van der Waals surface area (Å²) in [6.45, 7) is 13.4. The molecule has 4 nitrogen and oxygen atoms in total. The lowest BCUT2D eigenvalue weighted by atomic mass is 9.95. The van der Waals surface area contributed by atoms with Gasteiger partial charge < -0.3 is 15.4 Å². The first-order chi connectivity index (χ1) is 7.59. The Kier molecular flexibility index (Phi) is 4.20. The van der Waals surface area contributed by atoms with E-state index in [2.05, 4.69) is 10.6 Å². The van der Waals surface area contributed by atoms with Crippen molar-refractivity contribution in [3.05, 3.63) is 0 Å². The zero-order chi connectivity index (χ0) is 13.3. The Morgan fingerprint density at radius 1 is 1.18 bits per heavy atom. The number of carbonyl (C=O) groups is 1. The lowest BCUT2D eigenvalue weighted by Gasteiger charge is -2.30. The third-order valence-corrected chi connectivity index (χ3v) is 2.66. The van der Waals surface area contributed by atoms with Crippen LogP contribution < -0.4 is 10.6 Å². The molecule has 1 rings (SSSR count). The zero-order valence-corrected chi connectivity index (χ0v) is 11.9. The average molecular weight is 242 g/mol. The summed E-state index contributed by atoms with van der Waals surface area (Å²) in [5, 5.41) is 6.33. The molecule has 1 saturated heterocycles. The molecule has 4 heteroatoms. The van der Waals surface area contributed by atoms with Crippen molar-refractivity contribution < 1.29 is 9.53 Å². The zero-order valence-electron chi connectivity index (χ0n) is 11.9.